The van der Waals surface area contributed by atoms with Gasteiger partial charge in [-0.2, -0.15) is 0 Å². The van der Waals surface area contributed by atoms with E-state index in [0.29, 0.717) is 33.5 Å². The first-order chi connectivity index (χ1) is 25.4. The van der Waals surface area contributed by atoms with Gasteiger partial charge in [0.25, 0.3) is 0 Å². The first-order valence-corrected chi connectivity index (χ1v) is 13.8. The molecular weight excluding hydrogens is 546 g/mol. The Morgan fingerprint density at radius 3 is 1.34 bits per heavy atom. The third kappa shape index (κ3) is 4.31. The Balaban J connectivity index is 1.45. The lowest BCUT2D eigenvalue weighted by atomic mass is 9.91. The molecule has 0 aliphatic heterocycles. The average Bonchev–Trinajstić information content (AvgIpc) is 3.16. The Morgan fingerprint density at radius 1 is 0.386 bits per heavy atom. The molecule has 8 aromatic rings. The zero-order valence-corrected chi connectivity index (χ0v) is 23.0. The van der Waals surface area contributed by atoms with Crippen LogP contribution in [0.4, 0.5) is 42.9 Å². The quantitative estimate of drug-likeness (QED) is 0.180. The van der Waals surface area contributed by atoms with E-state index in [0.717, 1.165) is 21.5 Å². The number of para-hydroxylation sites is 2. The molecule has 0 spiro atoms. The first-order valence-electron chi connectivity index (χ1n) is 18.3. The average molecular weight is 582 g/mol. The summed E-state index contributed by atoms with van der Waals surface area (Å²) in [5.41, 5.74) is 1.88. The van der Waals surface area contributed by atoms with Crippen molar-refractivity contribution in [2.75, 3.05) is 9.80 Å². The van der Waals surface area contributed by atoms with Crippen LogP contribution in [0.2, 0.25) is 0 Å². The van der Waals surface area contributed by atoms with Crippen LogP contribution in [0.15, 0.2) is 158 Å². The Hall–Kier alpha value is -5.74. The molecule has 210 valence electrons. The fourth-order valence-corrected chi connectivity index (χ4v) is 5.88. The molecule has 44 heavy (non-hydrogen) atoms. The van der Waals surface area contributed by atoms with Crippen molar-refractivity contribution in [2.45, 2.75) is 0 Å². The van der Waals surface area contributed by atoms with E-state index in [1.54, 1.807) is 11.0 Å². The maximum absolute atomic E-state index is 14.2. The first kappa shape index (κ1) is 18.0. The highest BCUT2D eigenvalue weighted by Crippen LogP contribution is 2.47. The minimum absolute atomic E-state index is 0.112. The van der Waals surface area contributed by atoms with E-state index in [-0.39, 0.29) is 29.5 Å². The van der Waals surface area contributed by atoms with Crippen LogP contribution in [0.1, 0.15) is 12.3 Å². The predicted octanol–water partition coefficient (Wildman–Crippen LogP) is 11.8. The van der Waals surface area contributed by atoms with E-state index in [9.17, 15) is 8.78 Å². The summed E-state index contributed by atoms with van der Waals surface area (Å²) >= 11 is 0. The van der Waals surface area contributed by atoms with E-state index in [1.165, 1.54) is 59.5 Å². The summed E-state index contributed by atoms with van der Waals surface area (Å²) in [6.45, 7) is 0. The molecule has 4 heteroatoms. The molecule has 0 aliphatic carbocycles. The van der Waals surface area contributed by atoms with Crippen LogP contribution in [-0.2, 0) is 0 Å². The van der Waals surface area contributed by atoms with Crippen molar-refractivity contribution in [1.29, 1.82) is 0 Å². The van der Waals surface area contributed by atoms with E-state index in [2.05, 4.69) is 0 Å². The highest BCUT2D eigenvalue weighted by molar-refractivity contribution is 6.28. The van der Waals surface area contributed by atoms with Gasteiger partial charge in [-0.25, -0.2) is 8.78 Å². The lowest BCUT2D eigenvalue weighted by Crippen LogP contribution is -2.11. The van der Waals surface area contributed by atoms with Gasteiger partial charge in [-0.05, 0) is 106 Å². The van der Waals surface area contributed by atoms with Crippen molar-refractivity contribution in [3.63, 3.8) is 0 Å². The maximum atomic E-state index is 14.2. The molecular formula is C40H26F2N2. The van der Waals surface area contributed by atoms with Gasteiger partial charge in [-0.3, -0.25) is 0 Å². The molecule has 0 fully saturated rings. The monoisotopic (exact) mass is 581 g/mol. The minimum atomic E-state index is -0.542. The van der Waals surface area contributed by atoms with Gasteiger partial charge in [0, 0.05) is 33.5 Å². The smallest absolute Gasteiger partial charge is 0.123 e. The maximum Gasteiger partial charge on any atom is 0.123 e. The summed E-state index contributed by atoms with van der Waals surface area (Å²) in [4.78, 5) is 3.21. The second-order valence-corrected chi connectivity index (χ2v) is 10.2. The van der Waals surface area contributed by atoms with Crippen molar-refractivity contribution in [3.8, 4) is 0 Å². The Labute approximate surface area is 266 Å². The number of hydrogen-bond donors (Lipinski definition) is 0. The molecule has 0 N–H and O–H groups in total. The summed E-state index contributed by atoms with van der Waals surface area (Å²) in [5.74, 6) is -0.983. The van der Waals surface area contributed by atoms with Crippen LogP contribution >= 0.6 is 0 Å². The Morgan fingerprint density at radius 2 is 0.818 bits per heavy atom. The number of hydrogen-bond acceptors (Lipinski definition) is 2. The van der Waals surface area contributed by atoms with Gasteiger partial charge in [0.2, 0.25) is 0 Å². The highest BCUT2D eigenvalue weighted by atomic mass is 19.1. The lowest BCUT2D eigenvalue weighted by molar-refractivity contribution is 0.627. The summed E-state index contributed by atoms with van der Waals surface area (Å²) in [5, 5.41) is 4.58. The minimum Gasteiger partial charge on any atom is -0.310 e. The number of rotatable bonds is 6. The molecule has 0 heterocycles. The molecule has 8 aromatic carbocycles. The molecule has 0 unspecified atom stereocenters. The van der Waals surface area contributed by atoms with Crippen molar-refractivity contribution in [3.05, 3.63) is 169 Å². The van der Waals surface area contributed by atoms with Gasteiger partial charge in [0.05, 0.1) is 23.7 Å². The van der Waals surface area contributed by atoms with Crippen LogP contribution in [-0.4, -0.2) is 0 Å². The largest absolute Gasteiger partial charge is 0.310 e. The van der Waals surface area contributed by atoms with Gasteiger partial charge in [-0.1, -0.05) is 72.7 Å². The van der Waals surface area contributed by atoms with Crippen LogP contribution in [0.25, 0.3) is 32.3 Å². The standard InChI is InChI=1S/C40H26F2N2/c41-29-15-19-33(20-16-29)43(31-7-3-1-4-8-31)37-25-13-27-12-24-36-38(26-14-28-11-23-35(37)39(27)40(28)36)44(32-9-5-2-6-10-32)34-21-17-30(42)18-22-34/h1-26H/i1D,2D,3D,4D,5D,6D,7D,8D,9D. The topological polar surface area (TPSA) is 6.48 Å². The second-order valence-electron chi connectivity index (χ2n) is 10.2. The van der Waals surface area contributed by atoms with E-state index >= 15 is 0 Å². The van der Waals surface area contributed by atoms with Crippen molar-refractivity contribution < 1.29 is 21.1 Å². The van der Waals surface area contributed by atoms with Crippen molar-refractivity contribution in [2.24, 2.45) is 0 Å². The number of benzene rings is 8. The lowest BCUT2D eigenvalue weighted by Gasteiger charge is -2.29. The Bertz CT molecular complexity index is 2730. The Kier molecular flexibility index (Phi) is 4.31. The molecule has 0 bridgehead atoms. The fourth-order valence-electron chi connectivity index (χ4n) is 5.88. The highest BCUT2D eigenvalue weighted by Gasteiger charge is 2.21. The van der Waals surface area contributed by atoms with Crippen molar-refractivity contribution in [1.82, 2.24) is 0 Å². The van der Waals surface area contributed by atoms with Gasteiger partial charge >= 0.3 is 0 Å². The molecule has 0 amide bonds. The zero-order valence-electron chi connectivity index (χ0n) is 32.0. The van der Waals surface area contributed by atoms with Gasteiger partial charge in [0.1, 0.15) is 11.6 Å². The van der Waals surface area contributed by atoms with E-state index in [4.69, 9.17) is 12.3 Å². The number of halogens is 2. The molecule has 0 atom stereocenters. The normalized spacial score (nSPS) is 14.3. The molecule has 2 nitrogen and oxygen atoms in total. The third-order valence-electron chi connectivity index (χ3n) is 7.76. The summed E-state index contributed by atoms with van der Waals surface area (Å²) < 4.78 is 105. The molecule has 0 saturated carbocycles. The second kappa shape index (κ2) is 10.5. The molecule has 0 saturated heterocycles. The van der Waals surface area contributed by atoms with Gasteiger partial charge in [-0.15, -0.1) is 0 Å². The van der Waals surface area contributed by atoms with Crippen molar-refractivity contribution >= 4 is 66.4 Å². The SMILES string of the molecule is [2H]c1cc(N(c2ccc(F)cc2)c2ccc3ccc4c(N(c5ccc(F)cc5)c5c([2H])c([2H])c([2H])c([2H])c5[2H])ccc5ccc2c3c54)c([2H])c([2H])c1[2H]. The van der Waals surface area contributed by atoms with Crippen LogP contribution < -0.4 is 9.80 Å². The number of anilines is 6. The zero-order chi connectivity index (χ0) is 37.5. The van der Waals surface area contributed by atoms with Gasteiger partial charge < -0.3 is 9.80 Å². The third-order valence-corrected chi connectivity index (χ3v) is 7.76. The fraction of sp³-hybridized carbons (Fsp3) is 0. The van der Waals surface area contributed by atoms with Gasteiger partial charge in [0.15, 0.2) is 0 Å². The van der Waals surface area contributed by atoms with E-state index < -0.39 is 47.9 Å². The predicted molar refractivity (Wildman–Crippen MR) is 179 cm³/mol. The summed E-state index contributed by atoms with van der Waals surface area (Å²) in [7, 11) is 0. The van der Waals surface area contributed by atoms with Crippen LogP contribution in [0.3, 0.4) is 0 Å². The van der Waals surface area contributed by atoms with Crippen LogP contribution in [0.5, 0.6) is 0 Å². The molecule has 0 aliphatic rings. The molecule has 8 rings (SSSR count). The number of nitrogens with zero attached hydrogens (tertiary/aromatic N) is 2. The molecule has 0 aromatic heterocycles. The van der Waals surface area contributed by atoms with Crippen LogP contribution in [0, 0.1) is 11.6 Å². The molecule has 0 radical (unpaired) electrons. The summed E-state index contributed by atoms with van der Waals surface area (Å²) in [6.07, 6.45) is 0. The van der Waals surface area contributed by atoms with E-state index in [1.807, 2.05) is 42.5 Å². The summed E-state index contributed by atoms with van der Waals surface area (Å²) in [6, 6.07) is 23.6.